The first kappa shape index (κ1) is 15.0. The molecule has 1 aromatic rings. The van der Waals surface area contributed by atoms with Gasteiger partial charge in [-0.25, -0.2) is 0 Å². The molecular weight excluding hydrogens is 304 g/mol. The molecule has 0 amide bonds. The molecule has 3 nitrogen and oxygen atoms in total. The number of nitrogens with one attached hydrogen (secondary N) is 1. The second-order valence-corrected chi connectivity index (χ2v) is 6.82. The van der Waals surface area contributed by atoms with Gasteiger partial charge in [0.1, 0.15) is 0 Å². The fourth-order valence-corrected chi connectivity index (χ4v) is 3.35. The van der Waals surface area contributed by atoms with E-state index in [1.54, 1.807) is 0 Å². The maximum atomic E-state index is 9.73. The number of rotatable bonds is 5. The Bertz CT molecular complexity index is 418. The van der Waals surface area contributed by atoms with Gasteiger partial charge in [-0.05, 0) is 43.1 Å². The van der Waals surface area contributed by atoms with E-state index < -0.39 is 0 Å². The van der Waals surface area contributed by atoms with Crippen molar-refractivity contribution in [3.05, 3.63) is 34.3 Å². The summed E-state index contributed by atoms with van der Waals surface area (Å²) < 4.78 is 1.06. The van der Waals surface area contributed by atoms with Crippen LogP contribution < -0.4 is 5.32 Å². The molecular formula is C15H23BrN2O. The summed E-state index contributed by atoms with van der Waals surface area (Å²) in [5, 5.41) is 13.2. The number of aliphatic hydroxyl groups is 1. The molecule has 1 aliphatic heterocycles. The molecule has 0 aromatic heterocycles. The van der Waals surface area contributed by atoms with E-state index in [0.29, 0.717) is 5.41 Å². The quantitative estimate of drug-likeness (QED) is 0.872. The largest absolute Gasteiger partial charge is 0.394 e. The van der Waals surface area contributed by atoms with Crippen molar-refractivity contribution in [2.75, 3.05) is 33.3 Å². The van der Waals surface area contributed by atoms with Gasteiger partial charge in [-0.1, -0.05) is 35.0 Å². The standard InChI is InChI=1S/C15H23BrN2O/c1-15(6-7-17-10-15)11-18(2)14(9-19)12-4-3-5-13(16)8-12/h3-5,8,14,17,19H,6-7,9-11H2,1-2H3. The lowest BCUT2D eigenvalue weighted by molar-refractivity contribution is 0.108. The van der Waals surface area contributed by atoms with Crippen LogP contribution in [0.3, 0.4) is 0 Å². The molecule has 1 aromatic carbocycles. The van der Waals surface area contributed by atoms with E-state index in [1.807, 2.05) is 12.1 Å². The van der Waals surface area contributed by atoms with Gasteiger partial charge < -0.3 is 10.4 Å². The van der Waals surface area contributed by atoms with Gasteiger partial charge in [-0.15, -0.1) is 0 Å². The molecule has 1 saturated heterocycles. The summed E-state index contributed by atoms with van der Waals surface area (Å²) in [5.74, 6) is 0. The number of aliphatic hydroxyl groups excluding tert-OH is 1. The predicted octanol–water partition coefficient (Wildman–Crippen LogP) is 2.41. The van der Waals surface area contributed by atoms with Gasteiger partial charge in [-0.3, -0.25) is 4.90 Å². The van der Waals surface area contributed by atoms with Crippen LogP contribution in [0, 0.1) is 5.41 Å². The summed E-state index contributed by atoms with van der Waals surface area (Å²) in [5.41, 5.74) is 1.47. The minimum absolute atomic E-state index is 0.0647. The number of hydrogen-bond donors (Lipinski definition) is 2. The maximum Gasteiger partial charge on any atom is 0.0628 e. The van der Waals surface area contributed by atoms with Gasteiger partial charge in [0, 0.05) is 17.6 Å². The molecule has 2 atom stereocenters. The van der Waals surface area contributed by atoms with E-state index >= 15 is 0 Å². The first-order valence-electron chi connectivity index (χ1n) is 6.81. The Kier molecular flexibility index (Phi) is 5.01. The lowest BCUT2D eigenvalue weighted by Crippen LogP contribution is -2.38. The van der Waals surface area contributed by atoms with Crippen molar-refractivity contribution < 1.29 is 5.11 Å². The zero-order valence-corrected chi connectivity index (χ0v) is 13.3. The van der Waals surface area contributed by atoms with Gasteiger partial charge in [-0.2, -0.15) is 0 Å². The van der Waals surface area contributed by atoms with Crippen LogP contribution in [-0.4, -0.2) is 43.3 Å². The highest BCUT2D eigenvalue weighted by Gasteiger charge is 2.31. The van der Waals surface area contributed by atoms with E-state index in [-0.39, 0.29) is 12.6 Å². The summed E-state index contributed by atoms with van der Waals surface area (Å²) in [6.07, 6.45) is 1.20. The van der Waals surface area contributed by atoms with Gasteiger partial charge in [0.25, 0.3) is 0 Å². The highest BCUT2D eigenvalue weighted by molar-refractivity contribution is 9.10. The molecule has 0 radical (unpaired) electrons. The Morgan fingerprint density at radius 1 is 1.53 bits per heavy atom. The van der Waals surface area contributed by atoms with Crippen molar-refractivity contribution >= 4 is 15.9 Å². The second-order valence-electron chi connectivity index (χ2n) is 5.91. The van der Waals surface area contributed by atoms with E-state index in [0.717, 1.165) is 29.7 Å². The van der Waals surface area contributed by atoms with E-state index in [2.05, 4.69) is 52.3 Å². The monoisotopic (exact) mass is 326 g/mol. The van der Waals surface area contributed by atoms with Gasteiger partial charge >= 0.3 is 0 Å². The van der Waals surface area contributed by atoms with Crippen molar-refractivity contribution in [1.82, 2.24) is 10.2 Å². The third-order valence-corrected chi connectivity index (χ3v) is 4.52. The lowest BCUT2D eigenvalue weighted by Gasteiger charge is -2.34. The van der Waals surface area contributed by atoms with Crippen molar-refractivity contribution in [1.29, 1.82) is 0 Å². The molecule has 1 heterocycles. The number of likely N-dealkylation sites (N-methyl/N-ethyl adjacent to an activating group) is 1. The molecule has 0 bridgehead atoms. The summed E-state index contributed by atoms with van der Waals surface area (Å²) in [6.45, 7) is 5.63. The second kappa shape index (κ2) is 6.35. The Balaban J connectivity index is 2.08. The Morgan fingerprint density at radius 2 is 2.32 bits per heavy atom. The molecule has 1 aliphatic rings. The lowest BCUT2D eigenvalue weighted by atomic mass is 9.88. The fourth-order valence-electron chi connectivity index (χ4n) is 2.93. The van der Waals surface area contributed by atoms with Gasteiger partial charge in [0.15, 0.2) is 0 Å². The van der Waals surface area contributed by atoms with E-state index in [4.69, 9.17) is 0 Å². The molecule has 2 rings (SSSR count). The summed E-state index contributed by atoms with van der Waals surface area (Å²) >= 11 is 3.50. The molecule has 1 fully saturated rings. The highest BCUT2D eigenvalue weighted by Crippen LogP contribution is 2.29. The zero-order chi connectivity index (χ0) is 13.9. The molecule has 2 unspecified atom stereocenters. The van der Waals surface area contributed by atoms with Crippen LogP contribution >= 0.6 is 15.9 Å². The van der Waals surface area contributed by atoms with Crippen LogP contribution in [0.1, 0.15) is 24.9 Å². The molecule has 0 spiro atoms. The van der Waals surface area contributed by atoms with Crippen LogP contribution in [0.4, 0.5) is 0 Å². The number of benzene rings is 1. The Labute approximate surface area is 124 Å². The van der Waals surface area contributed by atoms with Crippen molar-refractivity contribution in [2.24, 2.45) is 5.41 Å². The number of nitrogens with zero attached hydrogens (tertiary/aromatic N) is 1. The van der Waals surface area contributed by atoms with E-state index in [1.165, 1.54) is 6.42 Å². The van der Waals surface area contributed by atoms with Gasteiger partial charge in [0.2, 0.25) is 0 Å². The summed E-state index contributed by atoms with van der Waals surface area (Å²) in [4.78, 5) is 2.27. The topological polar surface area (TPSA) is 35.5 Å². The minimum Gasteiger partial charge on any atom is -0.394 e. The van der Waals surface area contributed by atoms with Crippen LogP contribution in [0.25, 0.3) is 0 Å². The number of halogens is 1. The first-order chi connectivity index (χ1) is 9.04. The maximum absolute atomic E-state index is 9.73. The molecule has 19 heavy (non-hydrogen) atoms. The summed E-state index contributed by atoms with van der Waals surface area (Å²) in [6, 6.07) is 8.27. The summed E-state index contributed by atoms with van der Waals surface area (Å²) in [7, 11) is 2.10. The smallest absolute Gasteiger partial charge is 0.0628 e. The van der Waals surface area contributed by atoms with Crippen LogP contribution in [0.5, 0.6) is 0 Å². The third kappa shape index (κ3) is 3.78. The van der Waals surface area contributed by atoms with E-state index in [9.17, 15) is 5.11 Å². The van der Waals surface area contributed by atoms with Crippen LogP contribution in [-0.2, 0) is 0 Å². The fraction of sp³-hybridized carbons (Fsp3) is 0.600. The van der Waals surface area contributed by atoms with Gasteiger partial charge in [0.05, 0.1) is 12.6 Å². The zero-order valence-electron chi connectivity index (χ0n) is 11.7. The Morgan fingerprint density at radius 3 is 2.89 bits per heavy atom. The molecule has 106 valence electrons. The van der Waals surface area contributed by atoms with Crippen LogP contribution in [0.2, 0.25) is 0 Å². The number of hydrogen-bond acceptors (Lipinski definition) is 3. The van der Waals surface area contributed by atoms with Crippen LogP contribution in [0.15, 0.2) is 28.7 Å². The highest BCUT2D eigenvalue weighted by atomic mass is 79.9. The molecule has 4 heteroatoms. The third-order valence-electron chi connectivity index (χ3n) is 4.03. The molecule has 2 N–H and O–H groups in total. The van der Waals surface area contributed by atoms with Crippen molar-refractivity contribution in [3.8, 4) is 0 Å². The minimum atomic E-state index is 0.0647. The van der Waals surface area contributed by atoms with Crippen molar-refractivity contribution in [2.45, 2.75) is 19.4 Å². The average Bonchev–Trinajstić information content (AvgIpc) is 2.76. The molecule has 0 aliphatic carbocycles. The first-order valence-corrected chi connectivity index (χ1v) is 7.61. The predicted molar refractivity (Wildman–Crippen MR) is 82.2 cm³/mol. The normalized spacial score (nSPS) is 24.9. The SMILES string of the molecule is CN(CC1(C)CCNC1)C(CO)c1cccc(Br)c1. The molecule has 0 saturated carbocycles. The Hall–Kier alpha value is -0.420. The average molecular weight is 327 g/mol. The van der Waals surface area contributed by atoms with Crippen molar-refractivity contribution in [3.63, 3.8) is 0 Å².